The number of carbonyl (C=O) groups is 1. The number of hydrogen-bond donors (Lipinski definition) is 1. The summed E-state index contributed by atoms with van der Waals surface area (Å²) in [5.41, 5.74) is 6.00. The molecule has 0 atom stereocenters. The minimum Gasteiger partial charge on any atom is -0.494 e. The highest BCUT2D eigenvalue weighted by atomic mass is 16.5. The second kappa shape index (κ2) is 4.65. The number of nitrogens with zero attached hydrogens (tertiary/aromatic N) is 3. The van der Waals surface area contributed by atoms with Crippen LogP contribution in [0.25, 0.3) is 0 Å². The van der Waals surface area contributed by atoms with Crippen LogP contribution in [-0.2, 0) is 0 Å². The second-order valence-corrected chi connectivity index (χ2v) is 3.32. The van der Waals surface area contributed by atoms with Gasteiger partial charge in [-0.1, -0.05) is 0 Å². The maximum atomic E-state index is 12.0. The van der Waals surface area contributed by atoms with E-state index in [1.807, 2.05) is 6.92 Å². The van der Waals surface area contributed by atoms with Gasteiger partial charge in [0.25, 0.3) is 5.91 Å². The lowest BCUT2D eigenvalue weighted by Crippen LogP contribution is -2.13. The van der Waals surface area contributed by atoms with Gasteiger partial charge in [-0.15, -0.1) is 10.2 Å². The zero-order valence-corrected chi connectivity index (χ0v) is 9.33. The van der Waals surface area contributed by atoms with Gasteiger partial charge in [-0.25, -0.2) is 4.57 Å². The first-order chi connectivity index (χ1) is 8.22. The van der Waals surface area contributed by atoms with Crippen molar-refractivity contribution in [2.75, 3.05) is 12.3 Å². The first-order valence-electron chi connectivity index (χ1n) is 5.15. The van der Waals surface area contributed by atoms with E-state index in [1.165, 1.54) is 10.9 Å². The number of rotatable bonds is 3. The summed E-state index contributed by atoms with van der Waals surface area (Å²) in [6, 6.07) is 6.81. The molecule has 17 heavy (non-hydrogen) atoms. The largest absolute Gasteiger partial charge is 0.494 e. The number of anilines is 1. The molecule has 88 valence electrons. The van der Waals surface area contributed by atoms with Crippen molar-refractivity contribution in [2.45, 2.75) is 6.92 Å². The molecule has 2 N–H and O–H groups in total. The normalized spacial score (nSPS) is 10.2. The van der Waals surface area contributed by atoms with E-state index in [1.54, 1.807) is 24.3 Å². The van der Waals surface area contributed by atoms with Gasteiger partial charge in [0.1, 0.15) is 12.1 Å². The molecule has 0 bridgehead atoms. The number of carbonyl (C=O) groups excluding carboxylic acids is 1. The van der Waals surface area contributed by atoms with Crippen molar-refractivity contribution in [1.82, 2.24) is 14.8 Å². The van der Waals surface area contributed by atoms with E-state index in [2.05, 4.69) is 10.2 Å². The zero-order chi connectivity index (χ0) is 12.3. The number of hydrogen-bond acceptors (Lipinski definition) is 5. The number of benzene rings is 1. The van der Waals surface area contributed by atoms with Crippen molar-refractivity contribution in [2.24, 2.45) is 0 Å². The first-order valence-corrected chi connectivity index (χ1v) is 5.15. The molecule has 0 saturated carbocycles. The van der Waals surface area contributed by atoms with Crippen LogP contribution in [0.5, 0.6) is 5.75 Å². The number of nitrogen functional groups attached to an aromatic ring is 1. The van der Waals surface area contributed by atoms with Gasteiger partial charge < -0.3 is 10.5 Å². The SMILES string of the molecule is CCOc1ccc(C(=O)n2cnnc2N)cc1. The van der Waals surface area contributed by atoms with Crippen molar-refractivity contribution in [3.63, 3.8) is 0 Å². The summed E-state index contributed by atoms with van der Waals surface area (Å²) in [7, 11) is 0. The van der Waals surface area contributed by atoms with E-state index >= 15 is 0 Å². The van der Waals surface area contributed by atoms with E-state index in [0.717, 1.165) is 5.75 Å². The Morgan fingerprint density at radius 2 is 2.12 bits per heavy atom. The fourth-order valence-corrected chi connectivity index (χ4v) is 1.40. The minimum atomic E-state index is -0.268. The molecule has 6 nitrogen and oxygen atoms in total. The molecule has 1 aromatic heterocycles. The number of aromatic nitrogens is 3. The van der Waals surface area contributed by atoms with Crippen molar-refractivity contribution < 1.29 is 9.53 Å². The molecule has 0 amide bonds. The molecule has 2 aromatic rings. The molecule has 2 rings (SSSR count). The Morgan fingerprint density at radius 3 is 2.65 bits per heavy atom. The van der Waals surface area contributed by atoms with Gasteiger partial charge >= 0.3 is 0 Å². The summed E-state index contributed by atoms with van der Waals surface area (Å²) in [6.45, 7) is 2.49. The summed E-state index contributed by atoms with van der Waals surface area (Å²) >= 11 is 0. The molecule has 0 aliphatic rings. The molecule has 6 heteroatoms. The molecule has 1 aromatic carbocycles. The predicted octanol–water partition coefficient (Wildman–Crippen LogP) is 0.947. The van der Waals surface area contributed by atoms with Crippen LogP contribution in [0, 0.1) is 0 Å². The lowest BCUT2D eigenvalue weighted by Gasteiger charge is -2.05. The van der Waals surface area contributed by atoms with Gasteiger partial charge in [0.2, 0.25) is 5.95 Å². The molecule has 0 aliphatic carbocycles. The molecule has 0 saturated heterocycles. The summed E-state index contributed by atoms with van der Waals surface area (Å²) in [5.74, 6) is 0.528. The zero-order valence-electron chi connectivity index (χ0n) is 9.33. The Kier molecular flexibility index (Phi) is 3.04. The molecule has 0 spiro atoms. The summed E-state index contributed by atoms with van der Waals surface area (Å²) in [5, 5.41) is 7.11. The lowest BCUT2D eigenvalue weighted by molar-refractivity contribution is 0.0962. The smallest absolute Gasteiger partial charge is 0.266 e. The highest BCUT2D eigenvalue weighted by Crippen LogP contribution is 2.13. The highest BCUT2D eigenvalue weighted by Gasteiger charge is 2.11. The summed E-state index contributed by atoms with van der Waals surface area (Å²) < 4.78 is 6.48. The van der Waals surface area contributed by atoms with Gasteiger partial charge in [0.05, 0.1) is 6.61 Å². The molecule has 1 heterocycles. The van der Waals surface area contributed by atoms with Crippen LogP contribution in [0.2, 0.25) is 0 Å². The molecular formula is C11H12N4O2. The molecule has 0 aliphatic heterocycles. The maximum Gasteiger partial charge on any atom is 0.266 e. The van der Waals surface area contributed by atoms with E-state index in [9.17, 15) is 4.79 Å². The van der Waals surface area contributed by atoms with Crippen molar-refractivity contribution in [3.8, 4) is 5.75 Å². The highest BCUT2D eigenvalue weighted by molar-refractivity contribution is 5.97. The van der Waals surface area contributed by atoms with Crippen LogP contribution in [0.3, 0.4) is 0 Å². The molecule has 0 fully saturated rings. The third-order valence-corrected chi connectivity index (χ3v) is 2.21. The standard InChI is InChI=1S/C11H12N4O2/c1-2-17-9-5-3-8(4-6-9)10(16)15-7-13-14-11(15)12/h3-7H,2H2,1H3,(H2,12,14). The number of nitrogens with two attached hydrogens (primary N) is 1. The Balaban J connectivity index is 2.23. The Bertz CT molecular complexity index is 519. The van der Waals surface area contributed by atoms with Crippen LogP contribution in [0.4, 0.5) is 5.95 Å². The predicted molar refractivity (Wildman–Crippen MR) is 61.8 cm³/mol. The molecule has 0 radical (unpaired) electrons. The van der Waals surface area contributed by atoms with Crippen molar-refractivity contribution >= 4 is 11.9 Å². The van der Waals surface area contributed by atoms with Gasteiger partial charge in [-0.3, -0.25) is 4.79 Å². The quantitative estimate of drug-likeness (QED) is 0.851. The summed E-state index contributed by atoms with van der Waals surface area (Å²) in [4.78, 5) is 12.0. The Morgan fingerprint density at radius 1 is 1.41 bits per heavy atom. The minimum absolute atomic E-state index is 0.0730. The summed E-state index contributed by atoms with van der Waals surface area (Å²) in [6.07, 6.45) is 1.29. The topological polar surface area (TPSA) is 83.0 Å². The Labute approximate surface area is 98.0 Å². The van der Waals surface area contributed by atoms with Crippen LogP contribution in [0.15, 0.2) is 30.6 Å². The van der Waals surface area contributed by atoms with Gasteiger partial charge in [0, 0.05) is 5.56 Å². The van der Waals surface area contributed by atoms with E-state index in [-0.39, 0.29) is 11.9 Å². The van der Waals surface area contributed by atoms with Gasteiger partial charge in [0.15, 0.2) is 0 Å². The van der Waals surface area contributed by atoms with Crippen molar-refractivity contribution in [1.29, 1.82) is 0 Å². The van der Waals surface area contributed by atoms with Crippen LogP contribution >= 0.6 is 0 Å². The van der Waals surface area contributed by atoms with E-state index in [0.29, 0.717) is 12.2 Å². The van der Waals surface area contributed by atoms with Crippen LogP contribution in [-0.4, -0.2) is 27.3 Å². The lowest BCUT2D eigenvalue weighted by atomic mass is 10.2. The molecular weight excluding hydrogens is 220 g/mol. The fraction of sp³-hybridized carbons (Fsp3) is 0.182. The van der Waals surface area contributed by atoms with Crippen molar-refractivity contribution in [3.05, 3.63) is 36.2 Å². The number of ether oxygens (including phenoxy) is 1. The van der Waals surface area contributed by atoms with E-state index < -0.39 is 0 Å². The van der Waals surface area contributed by atoms with E-state index in [4.69, 9.17) is 10.5 Å². The average Bonchev–Trinajstić information content (AvgIpc) is 2.76. The van der Waals surface area contributed by atoms with Crippen LogP contribution in [0.1, 0.15) is 17.3 Å². The maximum absolute atomic E-state index is 12.0. The second-order valence-electron chi connectivity index (χ2n) is 3.32. The monoisotopic (exact) mass is 232 g/mol. The van der Waals surface area contributed by atoms with Crippen LogP contribution < -0.4 is 10.5 Å². The Hall–Kier alpha value is -2.37. The third-order valence-electron chi connectivity index (χ3n) is 2.21. The van der Waals surface area contributed by atoms with Gasteiger partial charge in [-0.05, 0) is 31.2 Å². The third kappa shape index (κ3) is 2.25. The molecule has 0 unspecified atom stereocenters. The fourth-order valence-electron chi connectivity index (χ4n) is 1.40. The first kappa shape index (κ1) is 11.1. The average molecular weight is 232 g/mol. The van der Waals surface area contributed by atoms with Gasteiger partial charge in [-0.2, -0.15) is 0 Å².